The molecule has 0 aliphatic carbocycles. The smallest absolute Gasteiger partial charge is 0.222 e. The first-order valence-electron chi connectivity index (χ1n) is 6.34. The van der Waals surface area contributed by atoms with Gasteiger partial charge in [-0.25, -0.2) is 9.97 Å². The third-order valence-electron chi connectivity index (χ3n) is 3.02. The molecule has 0 aliphatic heterocycles. The van der Waals surface area contributed by atoms with Gasteiger partial charge in [0.2, 0.25) is 12.3 Å². The molecule has 0 atom stereocenters. The highest BCUT2D eigenvalue weighted by Crippen LogP contribution is 2.25. The Bertz CT molecular complexity index is 783. The summed E-state index contributed by atoms with van der Waals surface area (Å²) in [7, 11) is 1.61. The molecule has 2 aromatic heterocycles. The molecule has 0 saturated heterocycles. The number of rotatable bonds is 5. The van der Waals surface area contributed by atoms with Crippen LogP contribution in [0.25, 0.3) is 10.9 Å². The van der Waals surface area contributed by atoms with Crippen molar-refractivity contribution in [1.29, 1.82) is 0 Å². The van der Waals surface area contributed by atoms with E-state index < -0.39 is 0 Å². The summed E-state index contributed by atoms with van der Waals surface area (Å²) in [5.74, 6) is 1.10. The van der Waals surface area contributed by atoms with Gasteiger partial charge in [0.15, 0.2) is 0 Å². The summed E-state index contributed by atoms with van der Waals surface area (Å²) in [5, 5.41) is 0.922. The van der Waals surface area contributed by atoms with E-state index in [1.807, 2.05) is 18.2 Å². The van der Waals surface area contributed by atoms with Crippen LogP contribution >= 0.6 is 0 Å². The fourth-order valence-corrected chi connectivity index (χ4v) is 2.08. The summed E-state index contributed by atoms with van der Waals surface area (Å²) in [6.45, 7) is 0.403. The van der Waals surface area contributed by atoms with Crippen LogP contribution in [0.3, 0.4) is 0 Å². The van der Waals surface area contributed by atoms with Crippen molar-refractivity contribution in [3.05, 3.63) is 48.5 Å². The van der Waals surface area contributed by atoms with Crippen LogP contribution in [0.5, 0.6) is 11.6 Å². The highest BCUT2D eigenvalue weighted by atomic mass is 16.5. The molecule has 106 valence electrons. The van der Waals surface area contributed by atoms with Gasteiger partial charge < -0.3 is 9.47 Å². The monoisotopic (exact) mass is 283 g/mol. The Morgan fingerprint density at radius 2 is 2.14 bits per heavy atom. The van der Waals surface area contributed by atoms with Crippen LogP contribution in [0.1, 0.15) is 5.69 Å². The first-order valence-corrected chi connectivity index (χ1v) is 6.34. The summed E-state index contributed by atoms with van der Waals surface area (Å²) in [4.78, 5) is 19.0. The van der Waals surface area contributed by atoms with Gasteiger partial charge in [0, 0.05) is 24.8 Å². The van der Waals surface area contributed by atoms with E-state index in [1.165, 1.54) is 10.9 Å². The molecule has 0 radical (unpaired) electrons. The summed E-state index contributed by atoms with van der Waals surface area (Å²) in [5.41, 5.74) is 1.58. The number of fused-ring (bicyclic) bond motifs is 1. The number of benzene rings is 1. The van der Waals surface area contributed by atoms with Gasteiger partial charge in [-0.3, -0.25) is 9.36 Å². The molecule has 21 heavy (non-hydrogen) atoms. The second kappa shape index (κ2) is 5.72. The minimum atomic E-state index is 0.403. The van der Waals surface area contributed by atoms with Crippen molar-refractivity contribution in [1.82, 2.24) is 14.5 Å². The maximum absolute atomic E-state index is 10.9. The third-order valence-corrected chi connectivity index (χ3v) is 3.02. The standard InChI is InChI=1S/C15H13N3O3/c1-20-8-12-7-15(17-9-16-12)21-13-2-3-14-11(6-13)4-5-18(14)10-19/h2-7,9-10H,8H2,1H3. The summed E-state index contributed by atoms with van der Waals surface area (Å²) < 4.78 is 12.3. The van der Waals surface area contributed by atoms with Crippen LogP contribution in [0.15, 0.2) is 42.9 Å². The van der Waals surface area contributed by atoms with Gasteiger partial charge in [-0.15, -0.1) is 0 Å². The number of nitrogens with zero attached hydrogens (tertiary/aromatic N) is 3. The van der Waals surface area contributed by atoms with Crippen LogP contribution in [0.2, 0.25) is 0 Å². The van der Waals surface area contributed by atoms with Crippen molar-refractivity contribution in [2.75, 3.05) is 7.11 Å². The Hall–Kier alpha value is -2.73. The maximum atomic E-state index is 10.9. The van der Waals surface area contributed by atoms with Crippen molar-refractivity contribution in [3.63, 3.8) is 0 Å². The number of carbonyl (C=O) groups is 1. The van der Waals surface area contributed by atoms with E-state index in [-0.39, 0.29) is 0 Å². The van der Waals surface area contributed by atoms with Crippen molar-refractivity contribution < 1.29 is 14.3 Å². The van der Waals surface area contributed by atoms with Crippen LogP contribution in [0.4, 0.5) is 0 Å². The lowest BCUT2D eigenvalue weighted by Crippen LogP contribution is -1.95. The van der Waals surface area contributed by atoms with Crippen molar-refractivity contribution in [2.45, 2.75) is 6.61 Å². The predicted octanol–water partition coefficient (Wildman–Crippen LogP) is 2.41. The lowest BCUT2D eigenvalue weighted by Gasteiger charge is -2.06. The summed E-state index contributed by atoms with van der Waals surface area (Å²) in [6, 6.07) is 9.06. The zero-order valence-corrected chi connectivity index (χ0v) is 11.4. The molecule has 3 aromatic rings. The lowest BCUT2D eigenvalue weighted by atomic mass is 10.2. The number of ether oxygens (including phenoxy) is 2. The molecule has 3 rings (SSSR count). The number of carbonyl (C=O) groups excluding carboxylic acids is 1. The zero-order chi connectivity index (χ0) is 14.7. The van der Waals surface area contributed by atoms with E-state index in [0.717, 1.165) is 23.0 Å². The Labute approximate surface area is 121 Å². The predicted molar refractivity (Wildman–Crippen MR) is 76.9 cm³/mol. The molecule has 0 bridgehead atoms. The highest BCUT2D eigenvalue weighted by molar-refractivity contribution is 5.86. The number of aromatic nitrogens is 3. The minimum absolute atomic E-state index is 0.403. The van der Waals surface area contributed by atoms with Crippen LogP contribution < -0.4 is 4.74 Å². The van der Waals surface area contributed by atoms with E-state index in [4.69, 9.17) is 9.47 Å². The summed E-state index contributed by atoms with van der Waals surface area (Å²) in [6.07, 6.45) is 3.91. The fraction of sp³-hybridized carbons (Fsp3) is 0.133. The molecule has 0 N–H and O–H groups in total. The molecule has 0 amide bonds. The minimum Gasteiger partial charge on any atom is -0.439 e. The summed E-state index contributed by atoms with van der Waals surface area (Å²) >= 11 is 0. The first-order chi connectivity index (χ1) is 10.3. The second-order valence-corrected chi connectivity index (χ2v) is 4.43. The molecule has 6 nitrogen and oxygen atoms in total. The normalized spacial score (nSPS) is 10.7. The quantitative estimate of drug-likeness (QED) is 0.673. The van der Waals surface area contributed by atoms with Gasteiger partial charge in [-0.2, -0.15) is 0 Å². The van der Waals surface area contributed by atoms with Gasteiger partial charge in [0.25, 0.3) is 0 Å². The Morgan fingerprint density at radius 1 is 1.24 bits per heavy atom. The molecule has 0 spiro atoms. The largest absolute Gasteiger partial charge is 0.439 e. The Morgan fingerprint density at radius 3 is 2.95 bits per heavy atom. The SMILES string of the molecule is COCc1cc(Oc2ccc3c(ccn3C=O)c2)ncn1. The number of hydrogen-bond donors (Lipinski definition) is 0. The van der Waals surface area contributed by atoms with Crippen molar-refractivity contribution >= 4 is 17.3 Å². The van der Waals surface area contributed by atoms with E-state index in [0.29, 0.717) is 18.2 Å². The number of methoxy groups -OCH3 is 1. The van der Waals surface area contributed by atoms with E-state index in [1.54, 1.807) is 25.4 Å². The van der Waals surface area contributed by atoms with Crippen molar-refractivity contribution in [2.24, 2.45) is 0 Å². The van der Waals surface area contributed by atoms with Gasteiger partial charge in [-0.05, 0) is 24.3 Å². The molecule has 0 unspecified atom stereocenters. The topological polar surface area (TPSA) is 66.2 Å². The highest BCUT2D eigenvalue weighted by Gasteiger charge is 2.05. The molecule has 0 fully saturated rings. The number of hydrogen-bond acceptors (Lipinski definition) is 5. The van der Waals surface area contributed by atoms with E-state index >= 15 is 0 Å². The second-order valence-electron chi connectivity index (χ2n) is 4.43. The molecule has 2 heterocycles. The molecule has 0 aliphatic rings. The van der Waals surface area contributed by atoms with E-state index in [9.17, 15) is 4.79 Å². The Balaban J connectivity index is 1.87. The molecule has 1 aromatic carbocycles. The average Bonchev–Trinajstić information content (AvgIpc) is 2.90. The van der Waals surface area contributed by atoms with Gasteiger partial charge in [-0.1, -0.05) is 0 Å². The van der Waals surface area contributed by atoms with Gasteiger partial charge in [0.05, 0.1) is 17.8 Å². The van der Waals surface area contributed by atoms with Gasteiger partial charge in [0.1, 0.15) is 12.1 Å². The average molecular weight is 283 g/mol. The molecular formula is C15H13N3O3. The van der Waals surface area contributed by atoms with Gasteiger partial charge >= 0.3 is 0 Å². The first kappa shape index (κ1) is 13.3. The molecule has 6 heteroatoms. The fourth-order valence-electron chi connectivity index (χ4n) is 2.08. The Kier molecular flexibility index (Phi) is 3.61. The van der Waals surface area contributed by atoms with Crippen LogP contribution in [0, 0.1) is 0 Å². The van der Waals surface area contributed by atoms with Crippen LogP contribution in [-0.2, 0) is 16.1 Å². The maximum Gasteiger partial charge on any atom is 0.222 e. The zero-order valence-electron chi connectivity index (χ0n) is 11.4. The lowest BCUT2D eigenvalue weighted by molar-refractivity contribution is 0.181. The third kappa shape index (κ3) is 2.75. The molecule has 0 saturated carbocycles. The van der Waals surface area contributed by atoms with E-state index in [2.05, 4.69) is 9.97 Å². The molecular weight excluding hydrogens is 270 g/mol. The van der Waals surface area contributed by atoms with Crippen molar-refractivity contribution in [3.8, 4) is 11.6 Å². The van der Waals surface area contributed by atoms with Crippen LogP contribution in [-0.4, -0.2) is 28.1 Å².